The highest BCUT2D eigenvalue weighted by Gasteiger charge is 2.28. The minimum absolute atomic E-state index is 0.291. The van der Waals surface area contributed by atoms with Gasteiger partial charge in [0.05, 0.1) is 5.56 Å². The lowest BCUT2D eigenvalue weighted by Gasteiger charge is -2.18. The molecule has 3 rings (SSSR count). The average molecular weight is 372 g/mol. The zero-order valence-corrected chi connectivity index (χ0v) is 16.1. The predicted octanol–water partition coefficient (Wildman–Crippen LogP) is 3.69. The first kappa shape index (κ1) is 18.5. The quantitative estimate of drug-likeness (QED) is 0.840. The number of benzene rings is 1. The van der Waals surface area contributed by atoms with Gasteiger partial charge in [-0.2, -0.15) is 0 Å². The fraction of sp³-hybridized carbons (Fsp3) is 0.400. The van der Waals surface area contributed by atoms with Crippen molar-refractivity contribution in [3.05, 3.63) is 45.8 Å². The summed E-state index contributed by atoms with van der Waals surface area (Å²) < 4.78 is 5.73. The second-order valence-corrected chi connectivity index (χ2v) is 8.09. The van der Waals surface area contributed by atoms with Crippen LogP contribution >= 0.6 is 11.3 Å². The van der Waals surface area contributed by atoms with Crippen molar-refractivity contribution in [3.8, 4) is 5.75 Å². The molecule has 6 heteroatoms. The van der Waals surface area contributed by atoms with Crippen molar-refractivity contribution >= 4 is 28.2 Å². The van der Waals surface area contributed by atoms with Crippen molar-refractivity contribution in [1.82, 2.24) is 0 Å². The van der Waals surface area contributed by atoms with E-state index in [1.165, 1.54) is 11.3 Å². The zero-order chi connectivity index (χ0) is 18.8. The molecule has 3 N–H and O–H groups in total. The number of hydrogen-bond acceptors (Lipinski definition) is 4. The van der Waals surface area contributed by atoms with E-state index in [1.54, 1.807) is 6.92 Å². The van der Waals surface area contributed by atoms with Gasteiger partial charge < -0.3 is 15.8 Å². The topological polar surface area (TPSA) is 81.4 Å². The van der Waals surface area contributed by atoms with Crippen LogP contribution < -0.4 is 15.8 Å². The fourth-order valence-corrected chi connectivity index (χ4v) is 4.68. The molecule has 0 saturated heterocycles. The third-order valence-electron chi connectivity index (χ3n) is 4.67. The lowest BCUT2D eigenvalue weighted by molar-refractivity contribution is -0.122. The highest BCUT2D eigenvalue weighted by Crippen LogP contribution is 2.39. The van der Waals surface area contributed by atoms with Gasteiger partial charge in [-0.15, -0.1) is 11.3 Å². The van der Waals surface area contributed by atoms with Crippen LogP contribution in [0, 0.1) is 12.8 Å². The maximum atomic E-state index is 12.6. The van der Waals surface area contributed by atoms with E-state index in [9.17, 15) is 9.59 Å². The molecule has 138 valence electrons. The molecule has 0 unspecified atom stereocenters. The normalized spacial score (nSPS) is 17.3. The Bertz CT molecular complexity index is 844. The van der Waals surface area contributed by atoms with Crippen molar-refractivity contribution in [3.63, 3.8) is 0 Å². The van der Waals surface area contributed by atoms with Crippen LogP contribution in [-0.4, -0.2) is 17.9 Å². The molecule has 1 aromatic heterocycles. The van der Waals surface area contributed by atoms with Gasteiger partial charge in [0.15, 0.2) is 6.10 Å². The number of primary amides is 1. The number of nitrogens with one attached hydrogen (secondary N) is 1. The molecule has 0 aliphatic heterocycles. The Labute approximate surface area is 157 Å². The van der Waals surface area contributed by atoms with Gasteiger partial charge in [0.1, 0.15) is 10.8 Å². The van der Waals surface area contributed by atoms with Gasteiger partial charge in [-0.3, -0.25) is 9.59 Å². The Balaban J connectivity index is 1.77. The summed E-state index contributed by atoms with van der Waals surface area (Å²) in [6.45, 7) is 5.85. The number of amides is 2. The van der Waals surface area contributed by atoms with Crippen LogP contribution in [0.2, 0.25) is 0 Å². The second kappa shape index (κ2) is 7.50. The van der Waals surface area contributed by atoms with E-state index in [4.69, 9.17) is 10.5 Å². The van der Waals surface area contributed by atoms with Crippen LogP contribution in [0.15, 0.2) is 24.3 Å². The molecule has 0 saturated carbocycles. The van der Waals surface area contributed by atoms with Gasteiger partial charge in [-0.05, 0) is 62.3 Å². The van der Waals surface area contributed by atoms with Crippen molar-refractivity contribution in [2.45, 2.75) is 46.1 Å². The number of hydrogen-bond donors (Lipinski definition) is 2. The Hall–Kier alpha value is -2.34. The number of thiophene rings is 1. The number of fused-ring (bicyclic) bond motifs is 1. The average Bonchev–Trinajstić information content (AvgIpc) is 2.91. The van der Waals surface area contributed by atoms with E-state index < -0.39 is 12.0 Å². The van der Waals surface area contributed by atoms with Gasteiger partial charge in [-0.1, -0.05) is 19.1 Å². The van der Waals surface area contributed by atoms with Gasteiger partial charge in [0.2, 0.25) is 0 Å². The lowest BCUT2D eigenvalue weighted by atomic mass is 9.88. The van der Waals surface area contributed by atoms with Crippen molar-refractivity contribution in [1.29, 1.82) is 0 Å². The molecular formula is C20H24N2O3S. The Morgan fingerprint density at radius 1 is 1.38 bits per heavy atom. The number of ether oxygens (including phenoxy) is 1. The molecule has 0 spiro atoms. The zero-order valence-electron chi connectivity index (χ0n) is 15.3. The smallest absolute Gasteiger partial charge is 0.265 e. The largest absolute Gasteiger partial charge is 0.481 e. The number of carbonyl (C=O) groups is 2. The maximum Gasteiger partial charge on any atom is 0.265 e. The molecule has 1 heterocycles. The minimum Gasteiger partial charge on any atom is -0.481 e. The predicted molar refractivity (Wildman–Crippen MR) is 104 cm³/mol. The first-order valence-corrected chi connectivity index (χ1v) is 9.65. The molecule has 2 amide bonds. The molecule has 1 aliphatic rings. The fourth-order valence-electron chi connectivity index (χ4n) is 3.26. The molecule has 26 heavy (non-hydrogen) atoms. The van der Waals surface area contributed by atoms with Crippen LogP contribution in [0.5, 0.6) is 5.75 Å². The molecular weight excluding hydrogens is 348 g/mol. The van der Waals surface area contributed by atoms with Crippen molar-refractivity contribution < 1.29 is 14.3 Å². The first-order valence-electron chi connectivity index (χ1n) is 8.83. The maximum absolute atomic E-state index is 12.6. The highest BCUT2D eigenvalue weighted by atomic mass is 32.1. The summed E-state index contributed by atoms with van der Waals surface area (Å²) >= 11 is 1.46. The van der Waals surface area contributed by atoms with Crippen LogP contribution in [-0.2, 0) is 17.6 Å². The molecule has 5 nitrogen and oxygen atoms in total. The number of nitrogens with two attached hydrogens (primary N) is 1. The highest BCUT2D eigenvalue weighted by molar-refractivity contribution is 7.17. The summed E-state index contributed by atoms with van der Waals surface area (Å²) in [6, 6.07) is 7.55. The summed E-state index contributed by atoms with van der Waals surface area (Å²) in [7, 11) is 0. The minimum atomic E-state index is -0.685. The SMILES string of the molecule is Cc1cccc(O[C@@H](C)C(=O)Nc2sc3c(c2C(N)=O)CC[C@H](C)C3)c1. The Morgan fingerprint density at radius 3 is 2.85 bits per heavy atom. The summed E-state index contributed by atoms with van der Waals surface area (Å²) in [4.78, 5) is 25.7. The summed E-state index contributed by atoms with van der Waals surface area (Å²) in [5, 5.41) is 3.40. The van der Waals surface area contributed by atoms with E-state index in [2.05, 4.69) is 12.2 Å². The number of aryl methyl sites for hydroxylation is 1. The summed E-state index contributed by atoms with van der Waals surface area (Å²) in [6.07, 6.45) is 2.10. The van der Waals surface area contributed by atoms with Crippen molar-refractivity contribution in [2.75, 3.05) is 5.32 Å². The molecule has 2 atom stereocenters. The monoisotopic (exact) mass is 372 g/mol. The molecule has 0 fully saturated rings. The van der Waals surface area contributed by atoms with E-state index in [0.29, 0.717) is 22.2 Å². The van der Waals surface area contributed by atoms with Gasteiger partial charge >= 0.3 is 0 Å². The van der Waals surface area contributed by atoms with E-state index in [-0.39, 0.29) is 5.91 Å². The third-order valence-corrected chi connectivity index (χ3v) is 5.84. The Kier molecular flexibility index (Phi) is 5.32. The number of carbonyl (C=O) groups excluding carboxylic acids is 2. The lowest BCUT2D eigenvalue weighted by Crippen LogP contribution is -2.30. The van der Waals surface area contributed by atoms with Crippen LogP contribution in [0.4, 0.5) is 5.00 Å². The van der Waals surface area contributed by atoms with E-state index in [0.717, 1.165) is 35.3 Å². The van der Waals surface area contributed by atoms with E-state index in [1.807, 2.05) is 31.2 Å². The van der Waals surface area contributed by atoms with Crippen LogP contribution in [0.1, 0.15) is 46.6 Å². The van der Waals surface area contributed by atoms with Crippen LogP contribution in [0.25, 0.3) is 0 Å². The third kappa shape index (κ3) is 3.90. The molecule has 1 aliphatic carbocycles. The first-order chi connectivity index (χ1) is 12.3. The standard InChI is InChI=1S/C20H24N2O3S/c1-11-5-4-6-14(9-11)25-13(3)19(24)22-20-17(18(21)23)15-8-7-12(2)10-16(15)26-20/h4-6,9,12-13H,7-8,10H2,1-3H3,(H2,21,23)(H,22,24)/t12-,13-/m0/s1. The number of rotatable bonds is 5. The summed E-state index contributed by atoms with van der Waals surface area (Å²) in [5.74, 6) is 0.441. The Morgan fingerprint density at radius 2 is 2.15 bits per heavy atom. The van der Waals surface area contributed by atoms with Crippen LogP contribution in [0.3, 0.4) is 0 Å². The summed E-state index contributed by atoms with van der Waals surface area (Å²) in [5.41, 5.74) is 8.12. The van der Waals surface area contributed by atoms with Gasteiger partial charge in [-0.25, -0.2) is 0 Å². The molecule has 1 aromatic carbocycles. The van der Waals surface area contributed by atoms with E-state index >= 15 is 0 Å². The number of anilines is 1. The molecule has 0 bridgehead atoms. The van der Waals surface area contributed by atoms with Gasteiger partial charge in [0, 0.05) is 4.88 Å². The van der Waals surface area contributed by atoms with Crippen molar-refractivity contribution in [2.24, 2.45) is 11.7 Å². The van der Waals surface area contributed by atoms with Gasteiger partial charge in [0.25, 0.3) is 11.8 Å². The molecule has 0 radical (unpaired) electrons. The second-order valence-electron chi connectivity index (χ2n) is 6.99. The molecule has 2 aromatic rings.